The molecule has 1 heterocycles. The van der Waals surface area contributed by atoms with E-state index in [-0.39, 0.29) is 24.0 Å². The number of nitrogens with one attached hydrogen (secondary N) is 1. The lowest BCUT2D eigenvalue weighted by Gasteiger charge is -2.34. The predicted octanol–water partition coefficient (Wildman–Crippen LogP) is 6.57. The van der Waals surface area contributed by atoms with Crippen LogP contribution in [0.3, 0.4) is 0 Å². The Morgan fingerprint density at radius 2 is 1.77 bits per heavy atom. The zero-order valence-corrected chi connectivity index (χ0v) is 20.5. The lowest BCUT2D eigenvalue weighted by Crippen LogP contribution is -2.37. The van der Waals surface area contributed by atoms with E-state index in [1.165, 1.54) is 23.4 Å². The van der Waals surface area contributed by atoms with E-state index in [0.29, 0.717) is 5.56 Å². The van der Waals surface area contributed by atoms with Crippen LogP contribution in [0.5, 0.6) is 5.75 Å². The summed E-state index contributed by atoms with van der Waals surface area (Å²) in [5, 5.41) is 6.25. The van der Waals surface area contributed by atoms with Crippen molar-refractivity contribution < 1.29 is 14.3 Å². The summed E-state index contributed by atoms with van der Waals surface area (Å²) in [5.41, 5.74) is 5.34. The highest BCUT2D eigenvalue weighted by Gasteiger charge is 2.31. The molecule has 0 aromatic heterocycles. The van der Waals surface area contributed by atoms with Gasteiger partial charge in [-0.1, -0.05) is 66.7 Å². The van der Waals surface area contributed by atoms with Crippen LogP contribution in [0.15, 0.2) is 84.9 Å². The first-order valence-corrected chi connectivity index (χ1v) is 12.2. The van der Waals surface area contributed by atoms with Crippen LogP contribution in [0.25, 0.3) is 10.8 Å². The van der Waals surface area contributed by atoms with Gasteiger partial charge in [-0.25, -0.2) is 4.79 Å². The molecule has 35 heavy (non-hydrogen) atoms. The maximum atomic E-state index is 12.2. The van der Waals surface area contributed by atoms with Gasteiger partial charge in [-0.3, -0.25) is 0 Å². The summed E-state index contributed by atoms with van der Waals surface area (Å²) >= 11 is 0. The van der Waals surface area contributed by atoms with E-state index >= 15 is 0 Å². The normalized spacial score (nSPS) is 17.9. The first-order chi connectivity index (χ1) is 17.0. The first-order valence-electron chi connectivity index (χ1n) is 12.2. The van der Waals surface area contributed by atoms with Crippen molar-refractivity contribution in [3.05, 3.63) is 113 Å². The van der Waals surface area contributed by atoms with Gasteiger partial charge in [0, 0.05) is 24.1 Å². The maximum Gasteiger partial charge on any atom is 0.337 e. The third kappa shape index (κ3) is 4.67. The number of esters is 1. The predicted molar refractivity (Wildman–Crippen MR) is 140 cm³/mol. The Kier molecular flexibility index (Phi) is 6.56. The van der Waals surface area contributed by atoms with Crippen molar-refractivity contribution in [1.29, 1.82) is 0 Å². The van der Waals surface area contributed by atoms with E-state index in [4.69, 9.17) is 9.47 Å². The van der Waals surface area contributed by atoms with Crippen LogP contribution >= 0.6 is 0 Å². The smallest absolute Gasteiger partial charge is 0.337 e. The number of methoxy groups -OCH3 is 1. The van der Waals surface area contributed by atoms with Crippen LogP contribution in [0.2, 0.25) is 0 Å². The van der Waals surface area contributed by atoms with Gasteiger partial charge in [0.2, 0.25) is 0 Å². The zero-order valence-electron chi connectivity index (χ0n) is 20.5. The van der Waals surface area contributed by atoms with Gasteiger partial charge in [-0.15, -0.1) is 0 Å². The molecule has 178 valence electrons. The van der Waals surface area contributed by atoms with Gasteiger partial charge >= 0.3 is 5.97 Å². The summed E-state index contributed by atoms with van der Waals surface area (Å²) in [6, 6.07) is 29.2. The lowest BCUT2D eigenvalue weighted by atomic mass is 9.81. The second kappa shape index (κ2) is 9.93. The lowest BCUT2D eigenvalue weighted by molar-refractivity contribution is 0.0600. The van der Waals surface area contributed by atoms with E-state index in [1.54, 1.807) is 0 Å². The number of carbonyl (C=O) groups is 1. The molecule has 1 N–H and O–H groups in total. The SMILES string of the molecule is COC(=O)c1ccc(C)c([C@@H]2C[C@H](CN[C@H](C)c3cccc4ccccc34)Oc3ccccc32)c1. The van der Waals surface area contributed by atoms with Gasteiger partial charge in [0.25, 0.3) is 0 Å². The molecule has 5 rings (SSSR count). The van der Waals surface area contributed by atoms with Crippen LogP contribution in [-0.4, -0.2) is 25.7 Å². The Bertz CT molecular complexity index is 1360. The summed E-state index contributed by atoms with van der Waals surface area (Å²) in [4.78, 5) is 12.2. The monoisotopic (exact) mass is 465 g/mol. The van der Waals surface area contributed by atoms with E-state index in [1.807, 2.05) is 30.3 Å². The zero-order chi connectivity index (χ0) is 24.4. The second-order valence-electron chi connectivity index (χ2n) is 9.33. The van der Waals surface area contributed by atoms with Crippen molar-refractivity contribution in [1.82, 2.24) is 5.32 Å². The highest BCUT2D eigenvalue weighted by molar-refractivity contribution is 5.89. The van der Waals surface area contributed by atoms with Gasteiger partial charge < -0.3 is 14.8 Å². The largest absolute Gasteiger partial charge is 0.489 e. The fraction of sp³-hybridized carbons (Fsp3) is 0.258. The summed E-state index contributed by atoms with van der Waals surface area (Å²) in [7, 11) is 1.42. The molecular weight excluding hydrogens is 434 g/mol. The molecule has 0 saturated heterocycles. The van der Waals surface area contributed by atoms with Crippen LogP contribution in [0.4, 0.5) is 0 Å². The molecule has 4 aromatic carbocycles. The Balaban J connectivity index is 1.40. The molecule has 0 spiro atoms. The number of para-hydroxylation sites is 1. The molecule has 1 aliphatic heterocycles. The molecule has 0 fully saturated rings. The Morgan fingerprint density at radius 3 is 2.63 bits per heavy atom. The van der Waals surface area contributed by atoms with Gasteiger partial charge in [0.05, 0.1) is 12.7 Å². The molecule has 0 radical (unpaired) electrons. The topological polar surface area (TPSA) is 47.6 Å². The molecule has 4 aromatic rings. The van der Waals surface area contributed by atoms with Crippen LogP contribution < -0.4 is 10.1 Å². The highest BCUT2D eigenvalue weighted by Crippen LogP contribution is 2.41. The van der Waals surface area contributed by atoms with Gasteiger partial charge in [-0.2, -0.15) is 0 Å². The minimum absolute atomic E-state index is 0.00788. The molecule has 4 nitrogen and oxygen atoms in total. The van der Waals surface area contributed by atoms with Crippen molar-refractivity contribution >= 4 is 16.7 Å². The molecule has 0 saturated carbocycles. The Hall–Kier alpha value is -3.63. The highest BCUT2D eigenvalue weighted by atomic mass is 16.5. The number of hydrogen-bond donors (Lipinski definition) is 1. The Morgan fingerprint density at radius 1 is 1.00 bits per heavy atom. The number of rotatable bonds is 6. The molecule has 0 aliphatic carbocycles. The van der Waals surface area contributed by atoms with E-state index in [9.17, 15) is 4.79 Å². The summed E-state index contributed by atoms with van der Waals surface area (Å²) in [6.45, 7) is 5.04. The molecule has 0 bridgehead atoms. The second-order valence-corrected chi connectivity index (χ2v) is 9.33. The minimum Gasteiger partial charge on any atom is -0.489 e. The molecule has 1 aliphatic rings. The fourth-order valence-electron chi connectivity index (χ4n) is 5.22. The Labute approximate surface area is 206 Å². The number of fused-ring (bicyclic) bond motifs is 2. The molecule has 0 amide bonds. The maximum absolute atomic E-state index is 12.2. The minimum atomic E-state index is -0.311. The number of aryl methyl sites for hydroxylation is 1. The third-order valence-corrected chi connectivity index (χ3v) is 7.10. The summed E-state index contributed by atoms with van der Waals surface area (Å²) in [6.07, 6.45) is 0.839. The first kappa shape index (κ1) is 23.1. The van der Waals surface area contributed by atoms with Gasteiger partial charge in [0.15, 0.2) is 0 Å². The molecule has 0 unspecified atom stereocenters. The average Bonchev–Trinajstić information content (AvgIpc) is 2.90. The van der Waals surface area contributed by atoms with Crippen LogP contribution in [0.1, 0.15) is 57.9 Å². The van der Waals surface area contributed by atoms with E-state index < -0.39 is 0 Å². The summed E-state index contributed by atoms with van der Waals surface area (Å²) in [5.74, 6) is 0.745. The standard InChI is InChI=1S/C31H31NO3/c1-20-15-16-23(31(33)34-3)17-28(20)29-18-24(35-30-14-7-6-12-27(29)30)19-32-21(2)25-13-8-10-22-9-4-5-11-26(22)25/h4-17,21,24,29,32H,18-19H2,1-3H3/t21-,24-,29-/m1/s1. The average molecular weight is 466 g/mol. The number of hydrogen-bond acceptors (Lipinski definition) is 4. The van der Waals surface area contributed by atoms with E-state index in [0.717, 1.165) is 35.4 Å². The molecule has 4 heteroatoms. The van der Waals surface area contributed by atoms with Crippen molar-refractivity contribution in [3.8, 4) is 5.75 Å². The summed E-state index contributed by atoms with van der Waals surface area (Å²) < 4.78 is 11.4. The van der Waals surface area contributed by atoms with Crippen molar-refractivity contribution in [3.63, 3.8) is 0 Å². The molecular formula is C31H31NO3. The fourth-order valence-corrected chi connectivity index (χ4v) is 5.22. The third-order valence-electron chi connectivity index (χ3n) is 7.10. The van der Waals surface area contributed by atoms with Crippen LogP contribution in [0, 0.1) is 6.92 Å². The number of ether oxygens (including phenoxy) is 2. The van der Waals surface area contributed by atoms with Gasteiger partial charge in [-0.05, 0) is 65.9 Å². The van der Waals surface area contributed by atoms with E-state index in [2.05, 4.69) is 73.8 Å². The quantitative estimate of drug-likeness (QED) is 0.327. The number of carbonyl (C=O) groups excluding carboxylic acids is 1. The number of benzene rings is 4. The van der Waals surface area contributed by atoms with Gasteiger partial charge in [0.1, 0.15) is 11.9 Å². The van der Waals surface area contributed by atoms with Crippen LogP contribution in [-0.2, 0) is 4.74 Å². The molecule has 3 atom stereocenters. The van der Waals surface area contributed by atoms with Crippen molar-refractivity contribution in [2.24, 2.45) is 0 Å². The van der Waals surface area contributed by atoms with Crippen molar-refractivity contribution in [2.75, 3.05) is 13.7 Å². The van der Waals surface area contributed by atoms with Crippen molar-refractivity contribution in [2.45, 2.75) is 38.3 Å².